The molecule has 0 aliphatic rings. The number of hydrogen-bond acceptors (Lipinski definition) is 5. The van der Waals surface area contributed by atoms with Crippen LogP contribution >= 0.6 is 0 Å². The number of anilines is 2. The first-order valence-electron chi connectivity index (χ1n) is 5.77. The molecular formula is C13H12N4O2. The van der Waals surface area contributed by atoms with Gasteiger partial charge in [0.1, 0.15) is 0 Å². The highest BCUT2D eigenvalue weighted by atomic mass is 16.3. The number of H-pyrrole nitrogens is 1. The van der Waals surface area contributed by atoms with Crippen molar-refractivity contribution >= 4 is 22.5 Å². The number of nitrogen functional groups attached to an aromatic ring is 1. The van der Waals surface area contributed by atoms with Crippen molar-refractivity contribution in [2.75, 3.05) is 11.1 Å². The van der Waals surface area contributed by atoms with E-state index in [1.165, 1.54) is 0 Å². The Morgan fingerprint density at radius 3 is 3.05 bits per heavy atom. The lowest BCUT2D eigenvalue weighted by atomic mass is 10.2. The van der Waals surface area contributed by atoms with Gasteiger partial charge >= 0.3 is 0 Å². The molecule has 0 amide bonds. The first-order valence-corrected chi connectivity index (χ1v) is 5.77. The van der Waals surface area contributed by atoms with E-state index < -0.39 is 0 Å². The highest BCUT2D eigenvalue weighted by Crippen LogP contribution is 2.13. The zero-order valence-electron chi connectivity index (χ0n) is 10.0. The van der Waals surface area contributed by atoms with Gasteiger partial charge in [-0.1, -0.05) is 0 Å². The molecule has 0 fully saturated rings. The predicted octanol–water partition coefficient (Wildman–Crippen LogP) is 1.71. The van der Waals surface area contributed by atoms with E-state index in [-0.39, 0.29) is 5.56 Å². The van der Waals surface area contributed by atoms with Crippen molar-refractivity contribution in [2.45, 2.75) is 6.54 Å². The van der Waals surface area contributed by atoms with E-state index in [1.807, 2.05) is 6.07 Å². The second kappa shape index (κ2) is 4.49. The van der Waals surface area contributed by atoms with Gasteiger partial charge in [0.2, 0.25) is 5.95 Å². The van der Waals surface area contributed by atoms with Crippen molar-refractivity contribution in [1.29, 1.82) is 0 Å². The van der Waals surface area contributed by atoms with Crippen LogP contribution in [0.5, 0.6) is 0 Å². The van der Waals surface area contributed by atoms with Crippen molar-refractivity contribution in [3.8, 4) is 0 Å². The van der Waals surface area contributed by atoms with Crippen LogP contribution in [0.2, 0.25) is 0 Å². The number of rotatable bonds is 3. The van der Waals surface area contributed by atoms with Gasteiger partial charge in [0.25, 0.3) is 5.56 Å². The van der Waals surface area contributed by atoms with Crippen LogP contribution < -0.4 is 16.6 Å². The molecule has 0 aliphatic heterocycles. The number of hydrogen-bond donors (Lipinski definition) is 3. The largest absolute Gasteiger partial charge is 0.472 e. The summed E-state index contributed by atoms with van der Waals surface area (Å²) < 4.78 is 4.96. The number of aromatic amines is 1. The molecular weight excluding hydrogens is 244 g/mol. The van der Waals surface area contributed by atoms with E-state index in [9.17, 15) is 4.79 Å². The molecule has 0 unspecified atom stereocenters. The van der Waals surface area contributed by atoms with Crippen LogP contribution in [0.25, 0.3) is 10.9 Å². The molecule has 19 heavy (non-hydrogen) atoms. The van der Waals surface area contributed by atoms with E-state index in [4.69, 9.17) is 10.2 Å². The third-order valence-corrected chi connectivity index (χ3v) is 2.77. The maximum Gasteiger partial charge on any atom is 0.260 e. The van der Waals surface area contributed by atoms with Crippen LogP contribution in [0.15, 0.2) is 46.0 Å². The second-order valence-corrected chi connectivity index (χ2v) is 4.18. The van der Waals surface area contributed by atoms with Crippen LogP contribution in [-0.4, -0.2) is 9.97 Å². The Labute approximate surface area is 108 Å². The minimum absolute atomic E-state index is 0.216. The molecule has 0 saturated heterocycles. The molecule has 6 heteroatoms. The van der Waals surface area contributed by atoms with Gasteiger partial charge in [-0.3, -0.25) is 9.78 Å². The average Bonchev–Trinajstić information content (AvgIpc) is 2.90. The SMILES string of the molecule is Nc1ccc2nc(NCc3ccoc3)[nH]c(=O)c2c1. The van der Waals surface area contributed by atoms with Crippen molar-refractivity contribution in [3.63, 3.8) is 0 Å². The molecule has 3 aromatic rings. The van der Waals surface area contributed by atoms with Crippen LogP contribution in [0, 0.1) is 0 Å². The van der Waals surface area contributed by atoms with Crippen LogP contribution in [0.4, 0.5) is 11.6 Å². The van der Waals surface area contributed by atoms with E-state index in [0.717, 1.165) is 5.56 Å². The lowest BCUT2D eigenvalue weighted by Crippen LogP contribution is -2.13. The average molecular weight is 256 g/mol. The normalized spacial score (nSPS) is 10.7. The van der Waals surface area contributed by atoms with Crippen molar-refractivity contribution in [2.24, 2.45) is 0 Å². The zero-order valence-corrected chi connectivity index (χ0v) is 10.0. The molecule has 0 aliphatic carbocycles. The van der Waals surface area contributed by atoms with Gasteiger partial charge in [0.15, 0.2) is 0 Å². The number of nitrogens with one attached hydrogen (secondary N) is 2. The van der Waals surface area contributed by atoms with E-state index in [2.05, 4.69) is 15.3 Å². The second-order valence-electron chi connectivity index (χ2n) is 4.18. The summed E-state index contributed by atoms with van der Waals surface area (Å²) in [7, 11) is 0. The fourth-order valence-corrected chi connectivity index (χ4v) is 1.82. The first-order chi connectivity index (χ1) is 9.22. The fourth-order valence-electron chi connectivity index (χ4n) is 1.82. The Bertz CT molecular complexity index is 762. The summed E-state index contributed by atoms with van der Waals surface area (Å²) in [6.45, 7) is 0.528. The molecule has 0 saturated carbocycles. The fraction of sp³-hybridized carbons (Fsp3) is 0.0769. The van der Waals surface area contributed by atoms with Gasteiger partial charge in [-0.05, 0) is 24.3 Å². The monoisotopic (exact) mass is 256 g/mol. The third-order valence-electron chi connectivity index (χ3n) is 2.77. The number of furan rings is 1. The molecule has 96 valence electrons. The first kappa shape index (κ1) is 11.3. The van der Waals surface area contributed by atoms with Crippen LogP contribution in [0.3, 0.4) is 0 Å². The number of aromatic nitrogens is 2. The summed E-state index contributed by atoms with van der Waals surface area (Å²) in [6.07, 6.45) is 3.23. The van der Waals surface area contributed by atoms with Gasteiger partial charge in [0.05, 0.1) is 23.4 Å². The molecule has 4 N–H and O–H groups in total. The lowest BCUT2D eigenvalue weighted by molar-refractivity contribution is 0.564. The van der Waals surface area contributed by atoms with E-state index in [0.29, 0.717) is 29.1 Å². The predicted molar refractivity (Wildman–Crippen MR) is 72.8 cm³/mol. The van der Waals surface area contributed by atoms with Gasteiger partial charge in [0, 0.05) is 17.8 Å². The third kappa shape index (κ3) is 2.28. The molecule has 1 aromatic carbocycles. The summed E-state index contributed by atoms with van der Waals surface area (Å²) in [5.74, 6) is 0.420. The number of benzene rings is 1. The van der Waals surface area contributed by atoms with E-state index >= 15 is 0 Å². The Morgan fingerprint density at radius 1 is 1.37 bits per heavy atom. The Hall–Kier alpha value is -2.76. The summed E-state index contributed by atoms with van der Waals surface area (Å²) >= 11 is 0. The summed E-state index contributed by atoms with van der Waals surface area (Å²) in [5.41, 5.74) is 7.55. The van der Waals surface area contributed by atoms with Gasteiger partial charge in [-0.25, -0.2) is 4.98 Å². The quantitative estimate of drug-likeness (QED) is 0.620. The number of fused-ring (bicyclic) bond motifs is 1. The Kier molecular flexibility index (Phi) is 2.68. The topological polar surface area (TPSA) is 96.9 Å². The minimum atomic E-state index is -0.216. The number of nitrogens with zero attached hydrogens (tertiary/aromatic N) is 1. The van der Waals surface area contributed by atoms with Crippen LogP contribution in [0.1, 0.15) is 5.56 Å². The molecule has 2 aromatic heterocycles. The summed E-state index contributed by atoms with van der Waals surface area (Å²) in [6, 6.07) is 6.89. The molecule has 0 radical (unpaired) electrons. The Morgan fingerprint density at radius 2 is 2.26 bits per heavy atom. The molecule has 2 heterocycles. The van der Waals surface area contributed by atoms with E-state index in [1.54, 1.807) is 30.7 Å². The highest BCUT2D eigenvalue weighted by Gasteiger charge is 2.04. The van der Waals surface area contributed by atoms with Crippen LogP contribution in [-0.2, 0) is 6.54 Å². The minimum Gasteiger partial charge on any atom is -0.472 e. The lowest BCUT2D eigenvalue weighted by Gasteiger charge is -2.05. The summed E-state index contributed by atoms with van der Waals surface area (Å²) in [5, 5.41) is 3.52. The van der Waals surface area contributed by atoms with Gasteiger partial charge in [-0.2, -0.15) is 0 Å². The molecule has 0 atom stereocenters. The maximum atomic E-state index is 11.9. The molecule has 3 rings (SSSR count). The standard InChI is InChI=1S/C13H12N4O2/c14-9-1-2-11-10(5-9)12(18)17-13(16-11)15-6-8-3-4-19-7-8/h1-5,7H,6,14H2,(H2,15,16,17,18). The maximum absolute atomic E-state index is 11.9. The molecule has 0 bridgehead atoms. The van der Waals surface area contributed by atoms with Crippen molar-refractivity contribution in [1.82, 2.24) is 9.97 Å². The summed E-state index contributed by atoms with van der Waals surface area (Å²) in [4.78, 5) is 18.9. The Balaban J connectivity index is 1.93. The zero-order chi connectivity index (χ0) is 13.2. The number of nitrogens with two attached hydrogens (primary N) is 1. The van der Waals surface area contributed by atoms with Gasteiger partial charge < -0.3 is 15.5 Å². The highest BCUT2D eigenvalue weighted by molar-refractivity contribution is 5.81. The van der Waals surface area contributed by atoms with Gasteiger partial charge in [-0.15, -0.1) is 0 Å². The smallest absolute Gasteiger partial charge is 0.260 e. The van der Waals surface area contributed by atoms with Crippen molar-refractivity contribution in [3.05, 3.63) is 52.7 Å². The van der Waals surface area contributed by atoms with Crippen molar-refractivity contribution < 1.29 is 4.42 Å². The molecule has 0 spiro atoms. The molecule has 6 nitrogen and oxygen atoms in total.